The van der Waals surface area contributed by atoms with Crippen LogP contribution in [0.5, 0.6) is 5.75 Å². The number of aryl methyl sites for hydroxylation is 1. The fraction of sp³-hybridized carbons (Fsp3) is 0.571. The van der Waals surface area contributed by atoms with Gasteiger partial charge in [-0.2, -0.15) is 0 Å². The number of nitrogens with zero attached hydrogens (tertiary/aromatic N) is 7. The number of piperazine rings is 1. The Kier molecular flexibility index (Phi) is 15.2. The number of phenols is 1. The van der Waals surface area contributed by atoms with E-state index in [0.717, 1.165) is 102 Å². The number of nitrogens with one attached hydrogen (secondary N) is 3. The maximum Gasteiger partial charge on any atom is 0.324 e. The molecule has 2 aromatic heterocycles. The minimum absolute atomic E-state index is 0.00656. The molecule has 17 nitrogen and oxygen atoms in total. The molecule has 0 radical (unpaired) electrons. The second-order valence-electron chi connectivity index (χ2n) is 22.4. The lowest BCUT2D eigenvalue weighted by atomic mass is 9.83. The SMILES string of the molecule is CCn1c(-c2cc(N3CCN(C)CC3)cnc2C(C)C)c2c3cc(ccc31)-c1cc(O)cc(c1)C[C@H](NC(=O)[C@H](C1CCCC1)N(C)C(=O)CN(C)C(=O)[C@H]1CN1)C(=O)N1CCC[C@H](N1)C(=O)OCC(C)(C)C2. The van der Waals surface area contributed by atoms with E-state index in [-0.39, 0.29) is 61.6 Å². The first-order valence-electron chi connectivity index (χ1n) is 26.6. The number of carbonyl (C=O) groups excluding carboxylic acids is 5. The lowest BCUT2D eigenvalue weighted by Crippen LogP contribution is -2.62. The second-order valence-corrected chi connectivity index (χ2v) is 22.4. The third kappa shape index (κ3) is 11.2. The summed E-state index contributed by atoms with van der Waals surface area (Å²) in [5, 5.41) is 20.0. The maximum atomic E-state index is 14.9. The number of hydrogen-bond acceptors (Lipinski definition) is 12. The van der Waals surface area contributed by atoms with Gasteiger partial charge in [0.2, 0.25) is 17.7 Å². The predicted molar refractivity (Wildman–Crippen MR) is 282 cm³/mol. The van der Waals surface area contributed by atoms with Gasteiger partial charge in [0, 0.05) is 88.2 Å². The molecule has 4 aromatic rings. The normalized spacial score (nSPS) is 22.2. The van der Waals surface area contributed by atoms with E-state index < -0.39 is 41.3 Å². The van der Waals surface area contributed by atoms with Crippen LogP contribution < -0.4 is 21.0 Å². The number of esters is 1. The van der Waals surface area contributed by atoms with Crippen molar-refractivity contribution in [3.8, 4) is 28.1 Å². The average molecular weight is 1000 g/mol. The lowest BCUT2D eigenvalue weighted by Gasteiger charge is -2.37. The van der Waals surface area contributed by atoms with Crippen LogP contribution >= 0.6 is 0 Å². The standard InChI is InChI=1S/C56H76N10O7/c1-9-65-47-17-16-37-27-41(47)43(51(65)42-28-39(30-58-49(42)34(2)3)64-21-19-61(6)20-22-64)29-56(4,5)33-73-55(72)44-15-12-18-66(60-44)54(71)45(25-35-23-38(37)26-40(67)24-35)59-52(69)50(36-13-10-11-14-36)63(8)48(68)32-62(7)53(70)46-31-57-46/h16-17,23-24,26-28,30,34,36,44-46,50,57,60,67H,9-15,18-22,25,29,31-33H2,1-8H3,(H,59,69)/t44-,45-,46+,50-/m0/s1. The van der Waals surface area contributed by atoms with Crippen molar-refractivity contribution in [1.29, 1.82) is 0 Å². The van der Waals surface area contributed by atoms with Gasteiger partial charge in [0.05, 0.1) is 42.5 Å². The average Bonchev–Trinajstić information content (AvgIpc) is 4.00. The molecular formula is C56H76N10O7. The van der Waals surface area contributed by atoms with Gasteiger partial charge < -0.3 is 44.6 Å². The molecule has 2 aromatic carbocycles. The van der Waals surface area contributed by atoms with E-state index in [1.54, 1.807) is 26.2 Å². The Balaban J connectivity index is 1.13. The van der Waals surface area contributed by atoms with E-state index in [4.69, 9.17) is 9.72 Å². The van der Waals surface area contributed by atoms with Crippen molar-refractivity contribution < 1.29 is 33.8 Å². The number of hydrogen-bond donors (Lipinski definition) is 4. The van der Waals surface area contributed by atoms with Gasteiger partial charge in [-0.1, -0.05) is 52.7 Å². The number of ether oxygens (including phenoxy) is 1. The monoisotopic (exact) mass is 1000 g/mol. The minimum atomic E-state index is -1.15. The molecule has 4 amide bonds. The topological polar surface area (TPSA) is 195 Å². The van der Waals surface area contributed by atoms with Crippen LogP contribution in [0.25, 0.3) is 33.3 Å². The zero-order valence-electron chi connectivity index (χ0n) is 44.1. The Hall–Kier alpha value is -6.04. The summed E-state index contributed by atoms with van der Waals surface area (Å²) in [7, 11) is 5.34. The Morgan fingerprint density at radius 2 is 1.70 bits per heavy atom. The van der Waals surface area contributed by atoms with Crippen LogP contribution in [-0.4, -0.2) is 162 Å². The summed E-state index contributed by atoms with van der Waals surface area (Å²) in [5.74, 6) is -1.96. The molecule has 17 heteroatoms. The maximum absolute atomic E-state index is 14.9. The molecule has 392 valence electrons. The number of amides is 4. The summed E-state index contributed by atoms with van der Waals surface area (Å²) in [4.78, 5) is 83.4. The quantitative estimate of drug-likeness (QED) is 0.115. The van der Waals surface area contributed by atoms with E-state index in [0.29, 0.717) is 37.9 Å². The molecule has 0 spiro atoms. The number of benzene rings is 2. The number of pyridine rings is 1. The molecule has 1 aliphatic carbocycles. The number of carbonyl (C=O) groups is 5. The zero-order chi connectivity index (χ0) is 51.9. The van der Waals surface area contributed by atoms with Gasteiger partial charge in [-0.05, 0) is 110 Å². The third-order valence-electron chi connectivity index (χ3n) is 15.8. The number of rotatable bonds is 11. The van der Waals surface area contributed by atoms with Crippen LogP contribution in [0.2, 0.25) is 0 Å². The first-order chi connectivity index (χ1) is 34.9. The van der Waals surface area contributed by atoms with Gasteiger partial charge >= 0.3 is 5.97 Å². The Morgan fingerprint density at radius 3 is 2.40 bits per heavy atom. The summed E-state index contributed by atoms with van der Waals surface area (Å²) in [6.45, 7) is 16.0. The van der Waals surface area contributed by atoms with Crippen molar-refractivity contribution in [2.24, 2.45) is 11.3 Å². The first kappa shape index (κ1) is 51.8. The van der Waals surface area contributed by atoms with Gasteiger partial charge in [-0.15, -0.1) is 0 Å². The molecular weight excluding hydrogens is 925 g/mol. The number of hydrazine groups is 1. The molecule has 4 aliphatic heterocycles. The highest BCUT2D eigenvalue weighted by Gasteiger charge is 2.41. The van der Waals surface area contributed by atoms with E-state index in [9.17, 15) is 29.1 Å². The van der Waals surface area contributed by atoms with Crippen LogP contribution in [0, 0.1) is 11.3 Å². The number of phenolic OH excluding ortho intramolecular Hbond substituents is 1. The van der Waals surface area contributed by atoms with Gasteiger partial charge in [0.15, 0.2) is 0 Å². The number of aromatic nitrogens is 2. The first-order valence-corrected chi connectivity index (χ1v) is 26.6. The second kappa shape index (κ2) is 21.4. The Morgan fingerprint density at radius 1 is 0.959 bits per heavy atom. The van der Waals surface area contributed by atoms with Crippen molar-refractivity contribution in [1.82, 2.24) is 45.3 Å². The van der Waals surface area contributed by atoms with E-state index in [1.165, 1.54) is 14.8 Å². The van der Waals surface area contributed by atoms with Crippen molar-refractivity contribution in [2.45, 2.75) is 123 Å². The van der Waals surface area contributed by atoms with E-state index in [2.05, 4.69) is 96.4 Å². The molecule has 6 heterocycles. The van der Waals surface area contributed by atoms with Crippen LogP contribution in [-0.2, 0) is 48.1 Å². The largest absolute Gasteiger partial charge is 0.508 e. The summed E-state index contributed by atoms with van der Waals surface area (Å²) in [6.07, 6.45) is 6.84. The minimum Gasteiger partial charge on any atom is -0.508 e. The van der Waals surface area contributed by atoms with E-state index >= 15 is 0 Å². The fourth-order valence-corrected chi connectivity index (χ4v) is 11.6. The molecule has 4 N–H and O–H groups in total. The number of aromatic hydroxyl groups is 1. The summed E-state index contributed by atoms with van der Waals surface area (Å²) < 4.78 is 8.61. The van der Waals surface area contributed by atoms with E-state index in [1.807, 2.05) is 12.3 Å². The fourth-order valence-electron chi connectivity index (χ4n) is 11.6. The van der Waals surface area contributed by atoms with Crippen LogP contribution in [0.1, 0.15) is 95.9 Å². The van der Waals surface area contributed by atoms with Gasteiger partial charge in [0.25, 0.3) is 5.91 Å². The van der Waals surface area contributed by atoms with Crippen LogP contribution in [0.4, 0.5) is 5.69 Å². The highest BCUT2D eigenvalue weighted by atomic mass is 16.5. The molecule has 73 heavy (non-hydrogen) atoms. The molecule has 3 saturated heterocycles. The summed E-state index contributed by atoms with van der Waals surface area (Å²) >= 11 is 0. The van der Waals surface area contributed by atoms with Crippen molar-refractivity contribution >= 4 is 46.2 Å². The molecule has 5 aliphatic rings. The summed E-state index contributed by atoms with van der Waals surface area (Å²) in [6, 6.07) is 10.9. The van der Waals surface area contributed by atoms with Crippen LogP contribution in [0.3, 0.4) is 0 Å². The molecule has 4 fully saturated rings. The summed E-state index contributed by atoms with van der Waals surface area (Å²) in [5.41, 5.74) is 11.3. The molecule has 1 saturated carbocycles. The van der Waals surface area contributed by atoms with Gasteiger partial charge in [-0.25, -0.2) is 5.43 Å². The highest BCUT2D eigenvalue weighted by molar-refractivity contribution is 5.97. The number of cyclic esters (lactones) is 1. The van der Waals surface area contributed by atoms with Crippen molar-refractivity contribution in [3.05, 3.63) is 65.5 Å². The predicted octanol–water partition coefficient (Wildman–Crippen LogP) is 5.07. The zero-order valence-corrected chi connectivity index (χ0v) is 44.1. The third-order valence-corrected chi connectivity index (χ3v) is 15.8. The number of fused-ring (bicyclic) bond motifs is 6. The number of likely N-dealkylation sites (N-methyl/N-ethyl adjacent to an activating group) is 3. The van der Waals surface area contributed by atoms with Crippen molar-refractivity contribution in [3.63, 3.8) is 0 Å². The number of anilines is 1. The Labute approximate surface area is 429 Å². The Bertz CT molecular complexity index is 2740. The van der Waals surface area contributed by atoms with Crippen LogP contribution in [0.15, 0.2) is 48.7 Å². The van der Waals surface area contributed by atoms with Gasteiger partial charge in [0.1, 0.15) is 23.9 Å². The lowest BCUT2D eigenvalue weighted by molar-refractivity contribution is -0.155. The smallest absolute Gasteiger partial charge is 0.324 e. The highest BCUT2D eigenvalue weighted by Crippen LogP contribution is 2.43. The molecule has 0 unspecified atom stereocenters. The van der Waals surface area contributed by atoms with Crippen molar-refractivity contribution in [2.75, 3.05) is 78.5 Å². The molecule has 6 bridgehead atoms. The molecule has 4 atom stereocenters. The molecule has 9 rings (SSSR count). The van der Waals surface area contributed by atoms with Gasteiger partial charge in [-0.3, -0.25) is 34.0 Å².